The second-order valence-electron chi connectivity index (χ2n) is 5.93. The van der Waals surface area contributed by atoms with Crippen LogP contribution < -0.4 is 0 Å². The molecule has 0 N–H and O–H groups in total. The van der Waals surface area contributed by atoms with Gasteiger partial charge in [0.25, 0.3) is 0 Å². The maximum absolute atomic E-state index is 3.79. The maximum Gasteiger partial charge on any atom is 0.0233 e. The molecule has 0 saturated carbocycles. The summed E-state index contributed by atoms with van der Waals surface area (Å²) in [6, 6.07) is 8.71. The van der Waals surface area contributed by atoms with Crippen molar-refractivity contribution in [1.82, 2.24) is 4.90 Å². The molecular formula is C17H27N. The van der Waals surface area contributed by atoms with Crippen LogP contribution in [0.1, 0.15) is 38.8 Å². The largest absolute Gasteiger partial charge is 0.299 e. The molecule has 0 amide bonds. The van der Waals surface area contributed by atoms with E-state index in [1.165, 1.54) is 24.2 Å². The molecular weight excluding hydrogens is 218 g/mol. The van der Waals surface area contributed by atoms with Crippen LogP contribution in [0.25, 0.3) is 6.08 Å². The molecule has 1 nitrogen and oxygen atoms in total. The highest BCUT2D eigenvalue weighted by molar-refractivity contribution is 5.47. The fourth-order valence-corrected chi connectivity index (χ4v) is 2.25. The van der Waals surface area contributed by atoms with Gasteiger partial charge in [-0.2, -0.15) is 0 Å². The molecule has 0 spiro atoms. The third-order valence-electron chi connectivity index (χ3n) is 2.87. The molecule has 100 valence electrons. The van der Waals surface area contributed by atoms with E-state index in [-0.39, 0.29) is 0 Å². The van der Waals surface area contributed by atoms with E-state index in [4.69, 9.17) is 0 Å². The predicted molar refractivity (Wildman–Crippen MR) is 81.5 cm³/mol. The summed E-state index contributed by atoms with van der Waals surface area (Å²) >= 11 is 0. The molecule has 1 heteroatoms. The summed E-state index contributed by atoms with van der Waals surface area (Å²) in [7, 11) is 0. The van der Waals surface area contributed by atoms with E-state index in [1.54, 1.807) is 0 Å². The molecule has 1 rings (SSSR count). The zero-order valence-corrected chi connectivity index (χ0v) is 12.3. The number of rotatable bonds is 7. The van der Waals surface area contributed by atoms with Gasteiger partial charge < -0.3 is 0 Å². The lowest BCUT2D eigenvalue weighted by atomic mass is 10.1. The van der Waals surface area contributed by atoms with Crippen molar-refractivity contribution in [3.8, 4) is 0 Å². The Labute approximate surface area is 113 Å². The lowest BCUT2D eigenvalue weighted by molar-refractivity contribution is 0.211. The van der Waals surface area contributed by atoms with Crippen LogP contribution in [0, 0.1) is 11.8 Å². The fraction of sp³-hybridized carbons (Fsp3) is 0.529. The minimum absolute atomic E-state index is 0.719. The molecule has 18 heavy (non-hydrogen) atoms. The zero-order chi connectivity index (χ0) is 13.5. The summed E-state index contributed by atoms with van der Waals surface area (Å²) in [4.78, 5) is 2.55. The summed E-state index contributed by atoms with van der Waals surface area (Å²) in [6.07, 6.45) is 1.89. The van der Waals surface area contributed by atoms with Crippen LogP contribution in [0.3, 0.4) is 0 Å². The Kier molecular flexibility index (Phi) is 6.14. The molecule has 1 aromatic carbocycles. The number of benzene rings is 1. The smallest absolute Gasteiger partial charge is 0.0233 e. The van der Waals surface area contributed by atoms with E-state index in [9.17, 15) is 0 Å². The molecule has 0 aromatic heterocycles. The van der Waals surface area contributed by atoms with Crippen LogP contribution in [0.2, 0.25) is 0 Å². The lowest BCUT2D eigenvalue weighted by Gasteiger charge is -2.26. The lowest BCUT2D eigenvalue weighted by Crippen LogP contribution is -2.30. The third kappa shape index (κ3) is 5.50. The van der Waals surface area contributed by atoms with E-state index in [0.29, 0.717) is 0 Å². The molecule has 0 heterocycles. The molecule has 0 bridgehead atoms. The van der Waals surface area contributed by atoms with Crippen LogP contribution in [-0.2, 0) is 6.54 Å². The molecule has 0 aliphatic carbocycles. The van der Waals surface area contributed by atoms with Gasteiger partial charge in [-0.3, -0.25) is 4.90 Å². The van der Waals surface area contributed by atoms with E-state index >= 15 is 0 Å². The van der Waals surface area contributed by atoms with Gasteiger partial charge in [0.15, 0.2) is 0 Å². The fourth-order valence-electron chi connectivity index (χ4n) is 2.25. The third-order valence-corrected chi connectivity index (χ3v) is 2.87. The van der Waals surface area contributed by atoms with Gasteiger partial charge in [-0.1, -0.05) is 64.6 Å². The highest BCUT2D eigenvalue weighted by Gasteiger charge is 2.09. The Morgan fingerprint density at radius 3 is 1.89 bits per heavy atom. The predicted octanol–water partition coefficient (Wildman–Crippen LogP) is 4.44. The van der Waals surface area contributed by atoms with E-state index < -0.39 is 0 Å². The SMILES string of the molecule is C=Cc1ccc(CN(CC(C)C)CC(C)C)cc1. The molecule has 0 fully saturated rings. The summed E-state index contributed by atoms with van der Waals surface area (Å²) in [5.74, 6) is 1.44. The standard InChI is InChI=1S/C17H27N/c1-6-16-7-9-17(10-8-16)13-18(11-14(2)3)12-15(4)5/h6-10,14-15H,1,11-13H2,2-5H3. The Morgan fingerprint density at radius 2 is 1.50 bits per heavy atom. The van der Waals surface area contributed by atoms with Crippen molar-refractivity contribution in [2.24, 2.45) is 11.8 Å². The summed E-state index contributed by atoms with van der Waals surface area (Å²) in [5.41, 5.74) is 2.58. The zero-order valence-electron chi connectivity index (χ0n) is 12.3. The van der Waals surface area contributed by atoms with E-state index in [2.05, 4.69) is 63.4 Å². The molecule has 0 radical (unpaired) electrons. The van der Waals surface area contributed by atoms with Crippen molar-refractivity contribution in [1.29, 1.82) is 0 Å². The molecule has 0 aliphatic rings. The minimum Gasteiger partial charge on any atom is -0.299 e. The van der Waals surface area contributed by atoms with Crippen LogP contribution in [0.15, 0.2) is 30.8 Å². The Hall–Kier alpha value is -1.08. The van der Waals surface area contributed by atoms with Gasteiger partial charge >= 0.3 is 0 Å². The van der Waals surface area contributed by atoms with Crippen LogP contribution in [0.5, 0.6) is 0 Å². The summed E-state index contributed by atoms with van der Waals surface area (Å²) < 4.78 is 0. The molecule has 1 aromatic rings. The van der Waals surface area contributed by atoms with Gasteiger partial charge in [-0.15, -0.1) is 0 Å². The molecule has 0 unspecified atom stereocenters. The second-order valence-corrected chi connectivity index (χ2v) is 5.93. The van der Waals surface area contributed by atoms with Crippen molar-refractivity contribution in [3.63, 3.8) is 0 Å². The topological polar surface area (TPSA) is 3.24 Å². The van der Waals surface area contributed by atoms with Gasteiger partial charge in [0.1, 0.15) is 0 Å². The van der Waals surface area contributed by atoms with Crippen molar-refractivity contribution in [2.45, 2.75) is 34.2 Å². The van der Waals surface area contributed by atoms with Gasteiger partial charge in [0, 0.05) is 19.6 Å². The minimum atomic E-state index is 0.719. The van der Waals surface area contributed by atoms with Gasteiger partial charge in [-0.25, -0.2) is 0 Å². The van der Waals surface area contributed by atoms with Crippen molar-refractivity contribution in [3.05, 3.63) is 42.0 Å². The van der Waals surface area contributed by atoms with Gasteiger partial charge in [0.05, 0.1) is 0 Å². The molecule has 0 atom stereocenters. The van der Waals surface area contributed by atoms with Crippen LogP contribution >= 0.6 is 0 Å². The maximum atomic E-state index is 3.79. The monoisotopic (exact) mass is 245 g/mol. The first kappa shape index (κ1) is 15.0. The Bertz CT molecular complexity index is 338. The average molecular weight is 245 g/mol. The number of nitrogens with zero attached hydrogens (tertiary/aromatic N) is 1. The Morgan fingerprint density at radius 1 is 1.00 bits per heavy atom. The van der Waals surface area contributed by atoms with Gasteiger partial charge in [0.2, 0.25) is 0 Å². The molecule has 0 saturated heterocycles. The van der Waals surface area contributed by atoms with Crippen molar-refractivity contribution >= 4 is 6.08 Å². The number of hydrogen-bond acceptors (Lipinski definition) is 1. The van der Waals surface area contributed by atoms with Crippen LogP contribution in [0.4, 0.5) is 0 Å². The van der Waals surface area contributed by atoms with E-state index in [1.807, 2.05) is 6.08 Å². The van der Waals surface area contributed by atoms with E-state index in [0.717, 1.165) is 18.4 Å². The van der Waals surface area contributed by atoms with Crippen molar-refractivity contribution in [2.75, 3.05) is 13.1 Å². The average Bonchev–Trinajstić information content (AvgIpc) is 2.28. The van der Waals surface area contributed by atoms with Crippen LogP contribution in [-0.4, -0.2) is 18.0 Å². The first-order valence-corrected chi connectivity index (χ1v) is 6.95. The van der Waals surface area contributed by atoms with Gasteiger partial charge in [-0.05, 0) is 23.0 Å². The second kappa shape index (κ2) is 7.38. The first-order chi connectivity index (χ1) is 8.51. The van der Waals surface area contributed by atoms with Crippen molar-refractivity contribution < 1.29 is 0 Å². The highest BCUT2D eigenvalue weighted by atomic mass is 15.1. The number of hydrogen-bond donors (Lipinski definition) is 0. The quantitative estimate of drug-likeness (QED) is 0.686. The molecule has 0 aliphatic heterocycles. The normalized spacial score (nSPS) is 11.5. The summed E-state index contributed by atoms with van der Waals surface area (Å²) in [6.45, 7) is 16.3. The summed E-state index contributed by atoms with van der Waals surface area (Å²) in [5, 5.41) is 0. The Balaban J connectivity index is 2.65. The first-order valence-electron chi connectivity index (χ1n) is 6.95. The highest BCUT2D eigenvalue weighted by Crippen LogP contribution is 2.11.